The van der Waals surface area contributed by atoms with Crippen LogP contribution in [0.2, 0.25) is 0 Å². The number of nitrogens with one attached hydrogen (secondary N) is 8. The van der Waals surface area contributed by atoms with Gasteiger partial charge in [0.2, 0.25) is 41.4 Å². The molecule has 2 heterocycles. The molecule has 22 heteroatoms. The van der Waals surface area contributed by atoms with Gasteiger partial charge in [0, 0.05) is 41.4 Å². The summed E-state index contributed by atoms with van der Waals surface area (Å²) in [6.07, 6.45) is -0.156. The van der Waals surface area contributed by atoms with Crippen LogP contribution in [0.1, 0.15) is 49.8 Å². The number of rotatable bonds is 17. The Kier molecular flexibility index (Phi) is 22.2. The number of carbonyl (C=O) groups excluding carboxylic acids is 7. The van der Waals surface area contributed by atoms with Crippen LogP contribution in [-0.2, 0) is 52.8 Å². The third kappa shape index (κ3) is 17.1. The molecule has 1 fully saturated rings. The van der Waals surface area contributed by atoms with E-state index in [2.05, 4.69) is 42.2 Å². The summed E-state index contributed by atoms with van der Waals surface area (Å²) >= 11 is 0. The van der Waals surface area contributed by atoms with Crippen LogP contribution < -0.4 is 48.7 Å². The second kappa shape index (κ2) is 28.1. The highest BCUT2D eigenvalue weighted by atomic mass is 33.1. The summed E-state index contributed by atoms with van der Waals surface area (Å²) in [7, 11) is 2.06. The third-order valence-electron chi connectivity index (χ3n) is 11.9. The molecule has 7 amide bonds. The Labute approximate surface area is 420 Å². The van der Waals surface area contributed by atoms with Crippen molar-refractivity contribution in [2.75, 3.05) is 24.7 Å². The number of nitrogens with two attached hydrogens (primary N) is 2. The molecule has 10 atom stereocenters. The van der Waals surface area contributed by atoms with Crippen LogP contribution in [-0.4, -0.2) is 147 Å². The molecular formula is C49H66N10O10S2. The number of amides is 7. The van der Waals surface area contributed by atoms with Gasteiger partial charge in [-0.2, -0.15) is 0 Å². The van der Waals surface area contributed by atoms with Crippen LogP contribution in [0, 0.1) is 0 Å². The predicted octanol–water partition coefficient (Wildman–Crippen LogP) is -0.805. The standard InChI is InChI=1S/C49H66N10O10S2/c1-28(61)39(25-60)56-48(68)41-27-71-70-26-40(57-43(63)34(51)21-30-13-5-3-6-14-30)47(67)54-37(22-31-15-7-4-8-16-31)45(65)55-38(23-32-24-52-35-18-10-9-17-33(32)35)46(66)53-36(19-11-12-20-50)44(64)59-42(29(2)62)49(69)58-41/h3-10,13-18,24,28-29,34,36-42,52,60-62H,11-12,19-23,25-27,50-51H2,1-2H3,(H,53,66)(H,54,67)(H,55,65)(H,56,68)(H,57,63)(H,58,69)(H,59,64)/t28-,29?,34-,36+,37+,38-,39-,40+,41?,42?/m1/s1. The summed E-state index contributed by atoms with van der Waals surface area (Å²) in [5, 5.41) is 50.5. The zero-order chi connectivity index (χ0) is 51.5. The first-order chi connectivity index (χ1) is 34.1. The second-order valence-electron chi connectivity index (χ2n) is 17.5. The van der Waals surface area contributed by atoms with E-state index >= 15 is 0 Å². The van der Waals surface area contributed by atoms with Crippen LogP contribution in [0.15, 0.2) is 91.1 Å². The van der Waals surface area contributed by atoms with Crippen molar-refractivity contribution in [2.24, 2.45) is 11.5 Å². The predicted molar refractivity (Wildman–Crippen MR) is 272 cm³/mol. The maximum atomic E-state index is 14.7. The Morgan fingerprint density at radius 1 is 0.718 bits per heavy atom. The van der Waals surface area contributed by atoms with Gasteiger partial charge in [-0.1, -0.05) is 100 Å². The minimum absolute atomic E-state index is 0.0340. The summed E-state index contributed by atoms with van der Waals surface area (Å²) in [6.45, 7) is 2.23. The molecule has 0 bridgehead atoms. The number of hydrogen-bond acceptors (Lipinski definition) is 14. The fraction of sp³-hybridized carbons (Fsp3) is 0.449. The average molecular weight is 1020 g/mol. The molecule has 20 nitrogen and oxygen atoms in total. The van der Waals surface area contributed by atoms with Crippen molar-refractivity contribution in [1.82, 2.24) is 42.2 Å². The highest BCUT2D eigenvalue weighted by Crippen LogP contribution is 2.24. The second-order valence-corrected chi connectivity index (χ2v) is 20.0. The molecule has 1 aromatic heterocycles. The fourth-order valence-corrected chi connectivity index (χ4v) is 10.1. The SMILES string of the molecule is CC(O)C1NC(=O)[C@H](CCCCN)NC(=O)[C@@H](Cc2c[nH]c3ccccc23)NC(=O)[C@H](Cc2ccccc2)NC(=O)[C@@H](NC(=O)[C@H](N)Cc2ccccc2)CSSCC(C(=O)N[C@H](CO)[C@@H](C)O)NC1=O. The molecule has 1 aliphatic heterocycles. The lowest BCUT2D eigenvalue weighted by Crippen LogP contribution is -2.62. The van der Waals surface area contributed by atoms with Gasteiger partial charge >= 0.3 is 0 Å². The molecule has 1 saturated heterocycles. The summed E-state index contributed by atoms with van der Waals surface area (Å²) in [4.78, 5) is 103. The zero-order valence-corrected chi connectivity index (χ0v) is 41.3. The highest BCUT2D eigenvalue weighted by Gasteiger charge is 2.36. The van der Waals surface area contributed by atoms with E-state index in [-0.39, 0.29) is 43.7 Å². The van der Waals surface area contributed by atoms with Gasteiger partial charge < -0.3 is 69.0 Å². The molecule has 1 aliphatic rings. The number of aromatic amines is 1. The summed E-state index contributed by atoms with van der Waals surface area (Å²) < 4.78 is 0. The lowest BCUT2D eigenvalue weighted by Gasteiger charge is -2.29. The lowest BCUT2D eigenvalue weighted by atomic mass is 10.0. The molecule has 3 unspecified atom stereocenters. The van der Waals surface area contributed by atoms with Crippen LogP contribution >= 0.6 is 21.6 Å². The smallest absolute Gasteiger partial charge is 0.245 e. The number of para-hydroxylation sites is 1. The molecule has 3 aromatic carbocycles. The number of H-pyrrole nitrogens is 1. The topological polar surface area (TPSA) is 332 Å². The number of aromatic nitrogens is 1. The van der Waals surface area contributed by atoms with Gasteiger partial charge in [-0.3, -0.25) is 33.6 Å². The number of unbranched alkanes of at least 4 members (excludes halogenated alkanes) is 1. The van der Waals surface area contributed by atoms with Crippen molar-refractivity contribution >= 4 is 73.8 Å². The molecular weight excluding hydrogens is 953 g/mol. The van der Waals surface area contributed by atoms with Crippen LogP contribution in [0.5, 0.6) is 0 Å². The first-order valence-corrected chi connectivity index (χ1v) is 26.0. The third-order valence-corrected chi connectivity index (χ3v) is 14.3. The van der Waals surface area contributed by atoms with E-state index in [1.54, 1.807) is 60.8 Å². The lowest BCUT2D eigenvalue weighted by molar-refractivity contribution is -0.136. The van der Waals surface area contributed by atoms with Crippen molar-refractivity contribution in [3.05, 3.63) is 108 Å². The van der Waals surface area contributed by atoms with E-state index in [4.69, 9.17) is 11.5 Å². The number of carbonyl (C=O) groups is 7. The molecule has 0 saturated carbocycles. The van der Waals surface area contributed by atoms with E-state index in [0.717, 1.165) is 38.1 Å². The Morgan fingerprint density at radius 2 is 1.31 bits per heavy atom. The van der Waals surface area contributed by atoms with E-state index in [1.165, 1.54) is 13.8 Å². The van der Waals surface area contributed by atoms with Crippen molar-refractivity contribution in [3.63, 3.8) is 0 Å². The van der Waals surface area contributed by atoms with E-state index in [0.29, 0.717) is 24.0 Å². The first kappa shape index (κ1) is 55.9. The van der Waals surface area contributed by atoms with Gasteiger partial charge in [-0.25, -0.2) is 0 Å². The van der Waals surface area contributed by atoms with Gasteiger partial charge in [-0.15, -0.1) is 0 Å². The summed E-state index contributed by atoms with van der Waals surface area (Å²) in [5.74, 6) is -6.01. The van der Waals surface area contributed by atoms with E-state index < -0.39 is 108 Å². The normalized spacial score (nSPS) is 22.8. The van der Waals surface area contributed by atoms with Gasteiger partial charge in [0.15, 0.2) is 0 Å². The molecule has 0 spiro atoms. The number of aliphatic hydroxyl groups excluding tert-OH is 3. The Morgan fingerprint density at radius 3 is 1.96 bits per heavy atom. The minimum atomic E-state index is -1.66. The van der Waals surface area contributed by atoms with Crippen LogP contribution in [0.25, 0.3) is 10.9 Å². The minimum Gasteiger partial charge on any atom is -0.394 e. The maximum absolute atomic E-state index is 14.7. The van der Waals surface area contributed by atoms with Crippen LogP contribution in [0.3, 0.4) is 0 Å². The van der Waals surface area contributed by atoms with Crippen LogP contribution in [0.4, 0.5) is 0 Å². The number of aliphatic hydroxyl groups is 3. The molecule has 384 valence electrons. The van der Waals surface area contributed by atoms with E-state index in [1.807, 2.05) is 30.3 Å². The quantitative estimate of drug-likeness (QED) is 0.0455. The van der Waals surface area contributed by atoms with Crippen molar-refractivity contribution in [1.29, 1.82) is 0 Å². The van der Waals surface area contributed by atoms with Gasteiger partial charge in [0.25, 0.3) is 0 Å². The molecule has 0 radical (unpaired) electrons. The van der Waals surface area contributed by atoms with E-state index in [9.17, 15) is 48.9 Å². The molecule has 4 aromatic rings. The van der Waals surface area contributed by atoms with Gasteiger partial charge in [0.1, 0.15) is 36.3 Å². The Hall–Kier alpha value is -6.01. The monoisotopic (exact) mass is 1020 g/mol. The maximum Gasteiger partial charge on any atom is 0.245 e. The molecule has 15 N–H and O–H groups in total. The number of hydrogen-bond donors (Lipinski definition) is 13. The largest absolute Gasteiger partial charge is 0.394 e. The summed E-state index contributed by atoms with van der Waals surface area (Å²) in [5.41, 5.74) is 15.0. The van der Waals surface area contributed by atoms with Crippen molar-refractivity contribution in [2.45, 2.75) is 113 Å². The first-order valence-electron chi connectivity index (χ1n) is 23.5. The molecule has 5 rings (SSSR count). The zero-order valence-electron chi connectivity index (χ0n) is 39.7. The number of fused-ring (bicyclic) bond motifs is 1. The Balaban J connectivity index is 1.56. The molecule has 71 heavy (non-hydrogen) atoms. The van der Waals surface area contributed by atoms with Crippen molar-refractivity contribution in [3.8, 4) is 0 Å². The van der Waals surface area contributed by atoms with Gasteiger partial charge in [-0.05, 0) is 68.8 Å². The highest BCUT2D eigenvalue weighted by molar-refractivity contribution is 8.76. The fourth-order valence-electron chi connectivity index (χ4n) is 7.73. The Bertz CT molecular complexity index is 2400. The molecule has 0 aliphatic carbocycles. The average Bonchev–Trinajstić information content (AvgIpc) is 3.76. The van der Waals surface area contributed by atoms with Crippen molar-refractivity contribution < 1.29 is 48.9 Å². The summed E-state index contributed by atoms with van der Waals surface area (Å²) in [6, 6.07) is 14.6. The number of benzene rings is 3. The van der Waals surface area contributed by atoms with Gasteiger partial charge in [0.05, 0.1) is 30.9 Å².